The molecule has 1 saturated carbocycles. The van der Waals surface area contributed by atoms with Gasteiger partial charge < -0.3 is 9.88 Å². The van der Waals surface area contributed by atoms with Crippen molar-refractivity contribution >= 4 is 16.8 Å². The molecule has 1 amide bonds. The number of nitrogens with one attached hydrogen (secondary N) is 1. The molecule has 0 spiro atoms. The van der Waals surface area contributed by atoms with E-state index in [9.17, 15) is 9.18 Å². The number of carbonyl (C=O) groups excluding carboxylic acids is 1. The van der Waals surface area contributed by atoms with Gasteiger partial charge in [-0.15, -0.1) is 0 Å². The Hall–Kier alpha value is -1.84. The third-order valence-corrected chi connectivity index (χ3v) is 3.77. The lowest BCUT2D eigenvalue weighted by atomic mass is 10.2. The monoisotopic (exact) mass is 260 g/mol. The van der Waals surface area contributed by atoms with Crippen LogP contribution in [-0.2, 0) is 11.3 Å². The summed E-state index contributed by atoms with van der Waals surface area (Å²) < 4.78 is 15.0. The molecule has 0 atom stereocenters. The van der Waals surface area contributed by atoms with E-state index in [1.807, 2.05) is 12.3 Å². The lowest BCUT2D eigenvalue weighted by molar-refractivity contribution is -0.122. The van der Waals surface area contributed by atoms with Crippen LogP contribution < -0.4 is 5.32 Å². The smallest absolute Gasteiger partial charge is 0.240 e. The van der Waals surface area contributed by atoms with Gasteiger partial charge >= 0.3 is 0 Å². The molecule has 1 aliphatic carbocycles. The van der Waals surface area contributed by atoms with Crippen LogP contribution in [0.1, 0.15) is 25.7 Å². The van der Waals surface area contributed by atoms with Crippen molar-refractivity contribution in [3.63, 3.8) is 0 Å². The molecule has 0 bridgehead atoms. The van der Waals surface area contributed by atoms with Gasteiger partial charge in [0.2, 0.25) is 5.91 Å². The average molecular weight is 260 g/mol. The molecular formula is C15H17FN2O. The summed E-state index contributed by atoms with van der Waals surface area (Å²) in [6.07, 6.45) is 6.38. The first-order valence-electron chi connectivity index (χ1n) is 6.76. The highest BCUT2D eigenvalue weighted by atomic mass is 19.1. The normalized spacial score (nSPS) is 16.1. The second kappa shape index (κ2) is 5.03. The molecule has 0 saturated heterocycles. The molecule has 1 aliphatic rings. The van der Waals surface area contributed by atoms with Gasteiger partial charge in [0.05, 0.1) is 5.52 Å². The highest BCUT2D eigenvalue weighted by Gasteiger charge is 2.17. The van der Waals surface area contributed by atoms with E-state index in [1.54, 1.807) is 10.6 Å². The Labute approximate surface area is 111 Å². The highest BCUT2D eigenvalue weighted by molar-refractivity contribution is 5.83. The highest BCUT2D eigenvalue weighted by Crippen LogP contribution is 2.19. The van der Waals surface area contributed by atoms with Crippen LogP contribution in [0.25, 0.3) is 10.9 Å². The minimum absolute atomic E-state index is 0.00802. The molecule has 0 aliphatic heterocycles. The number of fused-ring (bicyclic) bond motifs is 1. The van der Waals surface area contributed by atoms with Gasteiger partial charge in [0, 0.05) is 12.2 Å². The van der Waals surface area contributed by atoms with E-state index in [-0.39, 0.29) is 18.3 Å². The van der Waals surface area contributed by atoms with Crippen LogP contribution in [0.2, 0.25) is 0 Å². The molecule has 0 radical (unpaired) electrons. The lowest BCUT2D eigenvalue weighted by Crippen LogP contribution is -2.35. The van der Waals surface area contributed by atoms with Crippen LogP contribution in [0.15, 0.2) is 30.5 Å². The van der Waals surface area contributed by atoms with Crippen LogP contribution in [0.5, 0.6) is 0 Å². The molecule has 19 heavy (non-hydrogen) atoms. The van der Waals surface area contributed by atoms with E-state index >= 15 is 0 Å². The van der Waals surface area contributed by atoms with E-state index in [4.69, 9.17) is 0 Å². The van der Waals surface area contributed by atoms with Crippen LogP contribution in [0, 0.1) is 5.82 Å². The number of benzene rings is 1. The first-order valence-corrected chi connectivity index (χ1v) is 6.76. The molecule has 100 valence electrons. The van der Waals surface area contributed by atoms with Gasteiger partial charge in [-0.05, 0) is 42.5 Å². The third kappa shape index (κ3) is 2.62. The Morgan fingerprint density at radius 2 is 2.11 bits per heavy atom. The molecular weight excluding hydrogens is 243 g/mol. The van der Waals surface area contributed by atoms with Gasteiger partial charge in [0.15, 0.2) is 0 Å². The molecule has 1 aromatic carbocycles. The van der Waals surface area contributed by atoms with Crippen LogP contribution >= 0.6 is 0 Å². The number of nitrogens with zero attached hydrogens (tertiary/aromatic N) is 1. The fourth-order valence-corrected chi connectivity index (χ4v) is 2.79. The standard InChI is InChI=1S/C15H17FN2O/c16-12-6-5-11-7-8-18(14(11)9-12)10-15(19)17-13-3-1-2-4-13/h5-9,13H,1-4,10H2,(H,17,19). The first kappa shape index (κ1) is 12.2. The second-order valence-electron chi connectivity index (χ2n) is 5.20. The van der Waals surface area contributed by atoms with Crippen molar-refractivity contribution in [3.8, 4) is 0 Å². The van der Waals surface area contributed by atoms with E-state index in [0.29, 0.717) is 6.04 Å². The van der Waals surface area contributed by atoms with Gasteiger partial charge in [-0.25, -0.2) is 4.39 Å². The number of amides is 1. The maximum absolute atomic E-state index is 13.2. The molecule has 1 N–H and O–H groups in total. The number of carbonyl (C=O) groups is 1. The van der Waals surface area contributed by atoms with E-state index in [1.165, 1.54) is 25.0 Å². The molecule has 2 aromatic rings. The third-order valence-electron chi connectivity index (χ3n) is 3.77. The Bertz CT molecular complexity index is 599. The Balaban J connectivity index is 1.73. The minimum atomic E-state index is -0.274. The summed E-state index contributed by atoms with van der Waals surface area (Å²) in [5.41, 5.74) is 0.765. The fourth-order valence-electron chi connectivity index (χ4n) is 2.79. The SMILES string of the molecule is O=C(Cn1ccc2ccc(F)cc21)NC1CCCC1. The van der Waals surface area contributed by atoms with Gasteiger partial charge in [0.1, 0.15) is 12.4 Å². The molecule has 4 heteroatoms. The summed E-state index contributed by atoms with van der Waals surface area (Å²) in [5, 5.41) is 4.00. The number of halogens is 1. The van der Waals surface area contributed by atoms with Crippen molar-refractivity contribution in [2.75, 3.05) is 0 Å². The summed E-state index contributed by atoms with van der Waals surface area (Å²) in [6.45, 7) is 0.253. The zero-order chi connectivity index (χ0) is 13.2. The predicted molar refractivity (Wildman–Crippen MR) is 72.3 cm³/mol. The largest absolute Gasteiger partial charge is 0.352 e. The van der Waals surface area contributed by atoms with Crippen molar-refractivity contribution in [2.24, 2.45) is 0 Å². The minimum Gasteiger partial charge on any atom is -0.352 e. The quantitative estimate of drug-likeness (QED) is 0.904. The van der Waals surface area contributed by atoms with Crippen molar-refractivity contribution in [3.05, 3.63) is 36.3 Å². The lowest BCUT2D eigenvalue weighted by Gasteiger charge is -2.12. The van der Waals surface area contributed by atoms with Crippen molar-refractivity contribution in [1.29, 1.82) is 0 Å². The molecule has 1 heterocycles. The van der Waals surface area contributed by atoms with Crippen molar-refractivity contribution < 1.29 is 9.18 Å². The van der Waals surface area contributed by atoms with Crippen LogP contribution in [0.3, 0.4) is 0 Å². The predicted octanol–water partition coefficient (Wildman–Crippen LogP) is 2.84. The first-order chi connectivity index (χ1) is 9.22. The summed E-state index contributed by atoms with van der Waals surface area (Å²) >= 11 is 0. The van der Waals surface area contributed by atoms with Gasteiger partial charge in [-0.2, -0.15) is 0 Å². The number of hydrogen-bond donors (Lipinski definition) is 1. The van der Waals surface area contributed by atoms with E-state index in [0.717, 1.165) is 23.7 Å². The second-order valence-corrected chi connectivity index (χ2v) is 5.20. The van der Waals surface area contributed by atoms with Crippen molar-refractivity contribution in [2.45, 2.75) is 38.3 Å². The molecule has 3 rings (SSSR count). The van der Waals surface area contributed by atoms with Crippen molar-refractivity contribution in [1.82, 2.24) is 9.88 Å². The zero-order valence-corrected chi connectivity index (χ0v) is 10.7. The summed E-state index contributed by atoms with van der Waals surface area (Å²) in [7, 11) is 0. The summed E-state index contributed by atoms with van der Waals surface area (Å²) in [4.78, 5) is 12.0. The Kier molecular flexibility index (Phi) is 3.23. The van der Waals surface area contributed by atoms with Gasteiger partial charge in [-0.3, -0.25) is 4.79 Å². The molecule has 1 fully saturated rings. The number of aromatic nitrogens is 1. The molecule has 0 unspecified atom stereocenters. The van der Waals surface area contributed by atoms with Gasteiger partial charge in [0.25, 0.3) is 0 Å². The van der Waals surface area contributed by atoms with E-state index < -0.39 is 0 Å². The fraction of sp³-hybridized carbons (Fsp3) is 0.400. The van der Waals surface area contributed by atoms with Crippen LogP contribution in [0.4, 0.5) is 4.39 Å². The van der Waals surface area contributed by atoms with E-state index in [2.05, 4.69) is 5.32 Å². The summed E-state index contributed by atoms with van der Waals surface area (Å²) in [5.74, 6) is -0.266. The van der Waals surface area contributed by atoms with Crippen LogP contribution in [-0.4, -0.2) is 16.5 Å². The topological polar surface area (TPSA) is 34.0 Å². The zero-order valence-electron chi connectivity index (χ0n) is 10.7. The number of hydrogen-bond acceptors (Lipinski definition) is 1. The maximum Gasteiger partial charge on any atom is 0.240 e. The number of rotatable bonds is 3. The Morgan fingerprint density at radius 3 is 2.89 bits per heavy atom. The maximum atomic E-state index is 13.2. The molecule has 3 nitrogen and oxygen atoms in total. The summed E-state index contributed by atoms with van der Waals surface area (Å²) in [6, 6.07) is 6.86. The Morgan fingerprint density at radius 1 is 1.32 bits per heavy atom. The molecule has 1 aromatic heterocycles. The average Bonchev–Trinajstić information content (AvgIpc) is 3.00. The van der Waals surface area contributed by atoms with Gasteiger partial charge in [-0.1, -0.05) is 12.8 Å².